The van der Waals surface area contributed by atoms with E-state index in [0.717, 1.165) is 0 Å². The standard InChI is InChI=1S/C8H15NO4/c1-8(2,3)13-7(12)6(11)5(9)4-10/h5,10H,4,9H2,1-3H3/t5-/m0/s1. The van der Waals surface area contributed by atoms with Crippen molar-refractivity contribution in [1.82, 2.24) is 0 Å². The Balaban J connectivity index is 4.21. The van der Waals surface area contributed by atoms with E-state index < -0.39 is 30.0 Å². The summed E-state index contributed by atoms with van der Waals surface area (Å²) in [5.74, 6) is -1.91. The average Bonchev–Trinajstić information content (AvgIpc) is 1.98. The molecule has 0 aliphatic rings. The first-order valence-electron chi connectivity index (χ1n) is 3.91. The summed E-state index contributed by atoms with van der Waals surface area (Å²) >= 11 is 0. The quantitative estimate of drug-likeness (QED) is 0.449. The third kappa shape index (κ3) is 4.59. The minimum Gasteiger partial charge on any atom is -0.454 e. The fourth-order valence-corrected chi connectivity index (χ4v) is 0.563. The SMILES string of the molecule is CC(C)(C)OC(=O)C(=O)[C@@H](N)CO. The lowest BCUT2D eigenvalue weighted by atomic mass is 10.1. The molecule has 0 saturated carbocycles. The van der Waals surface area contributed by atoms with E-state index >= 15 is 0 Å². The Morgan fingerprint density at radius 2 is 1.92 bits per heavy atom. The van der Waals surface area contributed by atoms with Gasteiger partial charge in [0, 0.05) is 0 Å². The van der Waals surface area contributed by atoms with Crippen molar-refractivity contribution in [2.45, 2.75) is 32.4 Å². The van der Waals surface area contributed by atoms with Gasteiger partial charge in [-0.05, 0) is 20.8 Å². The maximum atomic E-state index is 11.0. The lowest BCUT2D eigenvalue weighted by molar-refractivity contribution is -0.163. The number of ketones is 1. The lowest BCUT2D eigenvalue weighted by Gasteiger charge is -2.19. The molecule has 0 aromatic carbocycles. The van der Waals surface area contributed by atoms with Gasteiger partial charge >= 0.3 is 5.97 Å². The fraction of sp³-hybridized carbons (Fsp3) is 0.750. The fourth-order valence-electron chi connectivity index (χ4n) is 0.563. The first-order chi connectivity index (χ1) is 5.78. The molecular formula is C8H15NO4. The molecule has 0 fully saturated rings. The third-order valence-electron chi connectivity index (χ3n) is 1.13. The zero-order chi connectivity index (χ0) is 10.6. The Morgan fingerprint density at radius 3 is 2.23 bits per heavy atom. The Hall–Kier alpha value is -0.940. The number of hydrogen-bond acceptors (Lipinski definition) is 5. The number of rotatable bonds is 3. The smallest absolute Gasteiger partial charge is 0.376 e. The molecular weight excluding hydrogens is 174 g/mol. The van der Waals surface area contributed by atoms with Crippen molar-refractivity contribution in [3.8, 4) is 0 Å². The van der Waals surface area contributed by atoms with Crippen LogP contribution in [0.5, 0.6) is 0 Å². The molecule has 0 heterocycles. The number of aliphatic hydroxyl groups excluding tert-OH is 1. The maximum absolute atomic E-state index is 11.0. The molecule has 3 N–H and O–H groups in total. The van der Waals surface area contributed by atoms with Crippen molar-refractivity contribution in [1.29, 1.82) is 0 Å². The van der Waals surface area contributed by atoms with Gasteiger partial charge in [-0.3, -0.25) is 4.79 Å². The first-order valence-corrected chi connectivity index (χ1v) is 3.91. The van der Waals surface area contributed by atoms with Crippen LogP contribution in [0, 0.1) is 0 Å². The second-order valence-corrected chi connectivity index (χ2v) is 3.66. The third-order valence-corrected chi connectivity index (χ3v) is 1.13. The molecule has 0 aliphatic heterocycles. The Labute approximate surface area is 76.9 Å². The molecule has 1 atom stereocenters. The van der Waals surface area contributed by atoms with Crippen molar-refractivity contribution in [2.75, 3.05) is 6.61 Å². The van der Waals surface area contributed by atoms with Gasteiger partial charge in [-0.1, -0.05) is 0 Å². The van der Waals surface area contributed by atoms with E-state index in [0.29, 0.717) is 0 Å². The average molecular weight is 189 g/mol. The number of carbonyl (C=O) groups excluding carboxylic acids is 2. The van der Waals surface area contributed by atoms with Crippen molar-refractivity contribution < 1.29 is 19.4 Å². The van der Waals surface area contributed by atoms with Crippen molar-refractivity contribution >= 4 is 11.8 Å². The van der Waals surface area contributed by atoms with Crippen molar-refractivity contribution in [3.05, 3.63) is 0 Å². The second-order valence-electron chi connectivity index (χ2n) is 3.66. The summed E-state index contributed by atoms with van der Waals surface area (Å²) in [5, 5.41) is 8.50. The summed E-state index contributed by atoms with van der Waals surface area (Å²) < 4.78 is 4.74. The van der Waals surface area contributed by atoms with E-state index in [-0.39, 0.29) is 0 Å². The van der Waals surface area contributed by atoms with E-state index in [9.17, 15) is 9.59 Å². The van der Waals surface area contributed by atoms with Gasteiger partial charge in [0.1, 0.15) is 5.60 Å². The van der Waals surface area contributed by atoms with Crippen LogP contribution in [-0.4, -0.2) is 35.1 Å². The van der Waals surface area contributed by atoms with E-state index in [4.69, 9.17) is 15.6 Å². The van der Waals surface area contributed by atoms with Gasteiger partial charge in [0.2, 0.25) is 0 Å². The van der Waals surface area contributed by atoms with Crippen LogP contribution in [0.2, 0.25) is 0 Å². The summed E-state index contributed by atoms with van der Waals surface area (Å²) in [4.78, 5) is 22.0. The Kier molecular flexibility index (Phi) is 4.03. The molecule has 5 nitrogen and oxygen atoms in total. The number of nitrogens with two attached hydrogens (primary N) is 1. The van der Waals surface area contributed by atoms with Crippen LogP contribution < -0.4 is 5.73 Å². The summed E-state index contributed by atoms with van der Waals surface area (Å²) in [6.45, 7) is 4.37. The van der Waals surface area contributed by atoms with E-state index in [1.54, 1.807) is 20.8 Å². The molecule has 0 bridgehead atoms. The predicted molar refractivity (Wildman–Crippen MR) is 45.9 cm³/mol. The van der Waals surface area contributed by atoms with Gasteiger partial charge in [-0.2, -0.15) is 0 Å². The molecule has 0 aliphatic carbocycles. The molecule has 0 rings (SSSR count). The molecule has 0 saturated heterocycles. The lowest BCUT2D eigenvalue weighted by Crippen LogP contribution is -2.42. The van der Waals surface area contributed by atoms with E-state index in [1.807, 2.05) is 0 Å². The maximum Gasteiger partial charge on any atom is 0.376 e. The predicted octanol–water partition coefficient (Wildman–Crippen LogP) is -0.783. The minimum atomic E-state index is -1.19. The van der Waals surface area contributed by atoms with Gasteiger partial charge in [-0.25, -0.2) is 4.79 Å². The van der Waals surface area contributed by atoms with Crippen LogP contribution >= 0.6 is 0 Å². The van der Waals surface area contributed by atoms with Gasteiger partial charge < -0.3 is 15.6 Å². The molecule has 0 aromatic heterocycles. The topological polar surface area (TPSA) is 89.6 Å². The van der Waals surface area contributed by atoms with Gasteiger partial charge in [-0.15, -0.1) is 0 Å². The van der Waals surface area contributed by atoms with Crippen LogP contribution in [0.15, 0.2) is 0 Å². The summed E-state index contributed by atoms with van der Waals surface area (Å²) in [7, 11) is 0. The molecule has 0 unspecified atom stereocenters. The number of Topliss-reactive ketones (excluding diaryl/α,β-unsaturated/α-hetero) is 1. The zero-order valence-electron chi connectivity index (χ0n) is 8.03. The molecule has 0 amide bonds. The highest BCUT2D eigenvalue weighted by molar-refractivity contribution is 6.35. The van der Waals surface area contributed by atoms with Crippen molar-refractivity contribution in [2.24, 2.45) is 5.73 Å². The summed E-state index contributed by atoms with van der Waals surface area (Å²) in [6.07, 6.45) is 0. The largest absolute Gasteiger partial charge is 0.454 e. The summed E-state index contributed by atoms with van der Waals surface area (Å²) in [6, 6.07) is -1.19. The first kappa shape index (κ1) is 12.1. The van der Waals surface area contributed by atoms with Crippen LogP contribution in [-0.2, 0) is 14.3 Å². The van der Waals surface area contributed by atoms with Crippen LogP contribution in [0.25, 0.3) is 0 Å². The molecule has 5 heteroatoms. The Bertz CT molecular complexity index is 207. The molecule has 0 aromatic rings. The molecule has 0 radical (unpaired) electrons. The highest BCUT2D eigenvalue weighted by Gasteiger charge is 2.26. The summed E-state index contributed by atoms with van der Waals surface area (Å²) in [5.41, 5.74) is 4.42. The molecule has 13 heavy (non-hydrogen) atoms. The molecule has 0 spiro atoms. The number of esters is 1. The molecule has 76 valence electrons. The normalized spacial score (nSPS) is 13.6. The van der Waals surface area contributed by atoms with Crippen LogP contribution in [0.3, 0.4) is 0 Å². The number of carbonyl (C=O) groups is 2. The van der Waals surface area contributed by atoms with E-state index in [1.165, 1.54) is 0 Å². The number of ether oxygens (including phenoxy) is 1. The highest BCUT2D eigenvalue weighted by Crippen LogP contribution is 2.07. The second kappa shape index (κ2) is 4.34. The van der Waals surface area contributed by atoms with Gasteiger partial charge in [0.05, 0.1) is 12.6 Å². The monoisotopic (exact) mass is 189 g/mol. The van der Waals surface area contributed by atoms with Crippen LogP contribution in [0.4, 0.5) is 0 Å². The van der Waals surface area contributed by atoms with E-state index in [2.05, 4.69) is 0 Å². The van der Waals surface area contributed by atoms with Gasteiger partial charge in [0.25, 0.3) is 5.78 Å². The van der Waals surface area contributed by atoms with Gasteiger partial charge in [0.15, 0.2) is 0 Å². The minimum absolute atomic E-state index is 0.557. The Morgan fingerprint density at radius 1 is 1.46 bits per heavy atom. The zero-order valence-corrected chi connectivity index (χ0v) is 8.03. The van der Waals surface area contributed by atoms with Crippen LogP contribution in [0.1, 0.15) is 20.8 Å². The number of hydrogen-bond donors (Lipinski definition) is 2. The number of aliphatic hydroxyl groups is 1. The van der Waals surface area contributed by atoms with Crippen molar-refractivity contribution in [3.63, 3.8) is 0 Å². The highest BCUT2D eigenvalue weighted by atomic mass is 16.6.